The molecule has 1 aromatic carbocycles. The Bertz CT molecular complexity index is 819. The minimum absolute atomic E-state index is 0.0881. The van der Waals surface area contributed by atoms with E-state index in [1.807, 2.05) is 29.2 Å². The van der Waals surface area contributed by atoms with E-state index in [4.69, 9.17) is 4.52 Å². The molecule has 6 heteroatoms. The van der Waals surface area contributed by atoms with Crippen LogP contribution in [0.2, 0.25) is 0 Å². The van der Waals surface area contributed by atoms with Crippen molar-refractivity contribution in [3.05, 3.63) is 47.3 Å². The van der Waals surface area contributed by atoms with E-state index in [1.54, 1.807) is 6.07 Å². The van der Waals surface area contributed by atoms with Gasteiger partial charge in [-0.2, -0.15) is 5.26 Å². The lowest BCUT2D eigenvalue weighted by atomic mass is 10.1. The molecule has 1 aromatic heterocycles. The number of aromatic nitrogens is 1. The summed E-state index contributed by atoms with van der Waals surface area (Å²) in [5.41, 5.74) is 2.52. The molecule has 1 aliphatic carbocycles. The van der Waals surface area contributed by atoms with Crippen molar-refractivity contribution >= 4 is 11.6 Å². The van der Waals surface area contributed by atoms with Crippen molar-refractivity contribution in [3.63, 3.8) is 0 Å². The molecule has 0 bridgehead atoms. The van der Waals surface area contributed by atoms with Crippen LogP contribution in [0, 0.1) is 11.3 Å². The molecule has 2 aromatic rings. The molecule has 2 aliphatic rings. The summed E-state index contributed by atoms with van der Waals surface area (Å²) < 4.78 is 5.27. The Morgan fingerprint density at radius 2 is 2.04 bits per heavy atom. The second kappa shape index (κ2) is 6.60. The summed E-state index contributed by atoms with van der Waals surface area (Å²) in [5, 5.41) is 13.3. The van der Waals surface area contributed by atoms with Crippen LogP contribution in [0.1, 0.15) is 47.0 Å². The fourth-order valence-electron chi connectivity index (χ4n) is 3.32. The van der Waals surface area contributed by atoms with Crippen molar-refractivity contribution in [2.75, 3.05) is 31.1 Å². The Morgan fingerprint density at radius 3 is 2.84 bits per heavy atom. The van der Waals surface area contributed by atoms with Crippen molar-refractivity contribution in [1.82, 2.24) is 10.1 Å². The Labute approximate surface area is 146 Å². The number of hydrogen-bond donors (Lipinski definition) is 0. The highest BCUT2D eigenvalue weighted by atomic mass is 16.5. The van der Waals surface area contributed by atoms with Crippen LogP contribution in [-0.4, -0.2) is 42.1 Å². The number of carbonyl (C=O) groups is 1. The van der Waals surface area contributed by atoms with Crippen molar-refractivity contribution in [1.29, 1.82) is 5.26 Å². The smallest absolute Gasteiger partial charge is 0.292 e. The molecule has 128 valence electrons. The van der Waals surface area contributed by atoms with Gasteiger partial charge in [0.1, 0.15) is 6.07 Å². The number of nitriles is 1. The topological polar surface area (TPSA) is 73.4 Å². The average molecular weight is 336 g/mol. The van der Waals surface area contributed by atoms with E-state index in [-0.39, 0.29) is 5.91 Å². The highest BCUT2D eigenvalue weighted by Gasteiger charge is 2.30. The predicted octanol–water partition coefficient (Wildman–Crippen LogP) is 2.78. The molecule has 0 radical (unpaired) electrons. The fraction of sp³-hybridized carbons (Fsp3) is 0.421. The van der Waals surface area contributed by atoms with Crippen LogP contribution in [0.5, 0.6) is 0 Å². The normalized spacial score (nSPS) is 17.9. The van der Waals surface area contributed by atoms with Crippen LogP contribution < -0.4 is 4.90 Å². The van der Waals surface area contributed by atoms with Gasteiger partial charge in [-0.25, -0.2) is 0 Å². The monoisotopic (exact) mass is 336 g/mol. The Balaban J connectivity index is 1.45. The van der Waals surface area contributed by atoms with Crippen LogP contribution in [0.25, 0.3) is 0 Å². The number of anilines is 1. The van der Waals surface area contributed by atoms with E-state index in [0.29, 0.717) is 36.9 Å². The van der Waals surface area contributed by atoms with Gasteiger partial charge >= 0.3 is 0 Å². The summed E-state index contributed by atoms with van der Waals surface area (Å²) in [6.07, 6.45) is 3.13. The lowest BCUT2D eigenvalue weighted by Gasteiger charge is -2.24. The van der Waals surface area contributed by atoms with Gasteiger partial charge in [0.15, 0.2) is 0 Å². The maximum atomic E-state index is 12.7. The number of para-hydroxylation sites is 1. The highest BCUT2D eigenvalue weighted by Crippen LogP contribution is 2.39. The maximum Gasteiger partial charge on any atom is 0.292 e. The molecule has 2 heterocycles. The molecule has 1 amide bonds. The number of hydrogen-bond acceptors (Lipinski definition) is 5. The highest BCUT2D eigenvalue weighted by molar-refractivity contribution is 5.91. The quantitative estimate of drug-likeness (QED) is 0.862. The molecule has 0 N–H and O–H groups in total. The lowest BCUT2D eigenvalue weighted by Crippen LogP contribution is -2.35. The van der Waals surface area contributed by atoms with E-state index in [1.165, 1.54) is 0 Å². The third-order valence-electron chi connectivity index (χ3n) is 4.88. The van der Waals surface area contributed by atoms with E-state index in [0.717, 1.165) is 37.2 Å². The van der Waals surface area contributed by atoms with E-state index in [9.17, 15) is 10.1 Å². The Morgan fingerprint density at radius 1 is 1.20 bits per heavy atom. The summed E-state index contributed by atoms with van der Waals surface area (Å²) in [5.74, 6) is 0.731. The molecule has 1 saturated carbocycles. The van der Waals surface area contributed by atoms with Gasteiger partial charge in [0.05, 0.1) is 16.9 Å². The average Bonchev–Trinajstić information content (AvgIpc) is 3.43. The van der Waals surface area contributed by atoms with Crippen molar-refractivity contribution in [2.45, 2.75) is 25.2 Å². The SMILES string of the molecule is N#Cc1ccccc1N1CCCN(C(=O)c2cc(C3CC3)no2)CC1. The molecule has 1 aliphatic heterocycles. The third-order valence-corrected chi connectivity index (χ3v) is 4.88. The zero-order valence-electron chi connectivity index (χ0n) is 14.0. The van der Waals surface area contributed by atoms with Gasteiger partial charge in [-0.05, 0) is 31.4 Å². The number of nitrogens with zero attached hydrogens (tertiary/aromatic N) is 4. The van der Waals surface area contributed by atoms with Crippen LogP contribution in [-0.2, 0) is 0 Å². The van der Waals surface area contributed by atoms with Crippen LogP contribution in [0.15, 0.2) is 34.9 Å². The largest absolute Gasteiger partial charge is 0.369 e. The number of benzene rings is 1. The van der Waals surface area contributed by atoms with Gasteiger partial charge in [-0.3, -0.25) is 4.79 Å². The fourth-order valence-corrected chi connectivity index (χ4v) is 3.32. The summed E-state index contributed by atoms with van der Waals surface area (Å²) in [4.78, 5) is 16.7. The van der Waals surface area contributed by atoms with Crippen LogP contribution in [0.4, 0.5) is 5.69 Å². The first-order chi connectivity index (χ1) is 12.3. The van der Waals surface area contributed by atoms with E-state index < -0.39 is 0 Å². The number of amides is 1. The first-order valence-electron chi connectivity index (χ1n) is 8.76. The zero-order valence-corrected chi connectivity index (χ0v) is 14.0. The summed E-state index contributed by atoms with van der Waals surface area (Å²) in [7, 11) is 0. The number of carbonyl (C=O) groups excluding carboxylic acids is 1. The third kappa shape index (κ3) is 3.22. The van der Waals surface area contributed by atoms with Crippen LogP contribution >= 0.6 is 0 Å². The van der Waals surface area contributed by atoms with Gasteiger partial charge in [-0.15, -0.1) is 0 Å². The van der Waals surface area contributed by atoms with E-state index in [2.05, 4.69) is 16.1 Å². The Hall–Kier alpha value is -2.81. The van der Waals surface area contributed by atoms with Gasteiger partial charge in [0.25, 0.3) is 5.91 Å². The molecular formula is C19H20N4O2. The van der Waals surface area contributed by atoms with Gasteiger partial charge in [0, 0.05) is 38.2 Å². The van der Waals surface area contributed by atoms with E-state index >= 15 is 0 Å². The zero-order chi connectivity index (χ0) is 17.2. The van der Waals surface area contributed by atoms with Crippen molar-refractivity contribution in [3.8, 4) is 6.07 Å². The number of rotatable bonds is 3. The summed E-state index contributed by atoms with van der Waals surface area (Å²) in [6, 6.07) is 11.7. The molecule has 0 spiro atoms. The van der Waals surface area contributed by atoms with Gasteiger partial charge in [-0.1, -0.05) is 17.3 Å². The minimum atomic E-state index is -0.0881. The Kier molecular flexibility index (Phi) is 4.14. The molecule has 0 atom stereocenters. The lowest BCUT2D eigenvalue weighted by molar-refractivity contribution is 0.0725. The molecule has 25 heavy (non-hydrogen) atoms. The first-order valence-corrected chi connectivity index (χ1v) is 8.76. The maximum absolute atomic E-state index is 12.7. The molecule has 6 nitrogen and oxygen atoms in total. The predicted molar refractivity (Wildman–Crippen MR) is 92.4 cm³/mol. The summed E-state index contributed by atoms with van der Waals surface area (Å²) in [6.45, 7) is 2.82. The van der Waals surface area contributed by atoms with Gasteiger partial charge < -0.3 is 14.3 Å². The summed E-state index contributed by atoms with van der Waals surface area (Å²) >= 11 is 0. The molecule has 1 saturated heterocycles. The second-order valence-corrected chi connectivity index (χ2v) is 6.65. The second-order valence-electron chi connectivity index (χ2n) is 6.65. The molecule has 2 fully saturated rings. The van der Waals surface area contributed by atoms with Gasteiger partial charge in [0.2, 0.25) is 5.76 Å². The molecular weight excluding hydrogens is 316 g/mol. The van der Waals surface area contributed by atoms with Crippen LogP contribution in [0.3, 0.4) is 0 Å². The molecule has 0 unspecified atom stereocenters. The standard InChI is InChI=1S/C19H20N4O2/c20-13-15-4-1-2-5-17(15)22-8-3-9-23(11-10-22)19(24)18-12-16(21-25-18)14-6-7-14/h1-2,4-5,12,14H,3,6-11H2. The first kappa shape index (κ1) is 15.7. The minimum Gasteiger partial charge on any atom is -0.369 e. The molecule has 4 rings (SSSR count). The van der Waals surface area contributed by atoms with Crippen molar-refractivity contribution in [2.24, 2.45) is 0 Å². The van der Waals surface area contributed by atoms with Crippen molar-refractivity contribution < 1.29 is 9.32 Å².